The van der Waals surface area contributed by atoms with Crippen molar-refractivity contribution < 1.29 is 0 Å². The van der Waals surface area contributed by atoms with Crippen LogP contribution in [-0.4, -0.2) is 15.0 Å². The molecule has 0 aromatic carbocycles. The average molecular weight is 212 g/mol. The van der Waals surface area contributed by atoms with Crippen LogP contribution < -0.4 is 0 Å². The molecule has 0 saturated heterocycles. The van der Waals surface area contributed by atoms with Gasteiger partial charge in [0.15, 0.2) is 0 Å². The lowest BCUT2D eigenvalue weighted by Crippen LogP contribution is -1.82. The minimum atomic E-state index is 0.930. The number of pyridine rings is 1. The zero-order valence-corrected chi connectivity index (χ0v) is 7.51. The molecule has 0 fully saturated rings. The number of aromatic amines is 1. The van der Waals surface area contributed by atoms with Crippen LogP contribution >= 0.6 is 15.9 Å². The third-order valence-corrected chi connectivity index (χ3v) is 2.18. The number of halogens is 1. The van der Waals surface area contributed by atoms with E-state index in [0.717, 1.165) is 21.2 Å². The van der Waals surface area contributed by atoms with E-state index in [-0.39, 0.29) is 0 Å². The Kier molecular flexibility index (Phi) is 1.42. The van der Waals surface area contributed by atoms with Gasteiger partial charge in [0.05, 0.1) is 22.0 Å². The number of hydrogen-bond acceptors (Lipinski definition) is 2. The summed E-state index contributed by atoms with van der Waals surface area (Å²) in [5, 5.41) is 0. The van der Waals surface area contributed by atoms with Crippen LogP contribution in [0.1, 0.15) is 5.69 Å². The van der Waals surface area contributed by atoms with Gasteiger partial charge in [-0.3, -0.25) is 4.98 Å². The topological polar surface area (TPSA) is 41.6 Å². The average Bonchev–Trinajstić information content (AvgIpc) is 2.45. The van der Waals surface area contributed by atoms with Crippen LogP contribution in [0.2, 0.25) is 0 Å². The van der Waals surface area contributed by atoms with Crippen LogP contribution in [-0.2, 0) is 0 Å². The minimum Gasteiger partial charge on any atom is -0.343 e. The molecule has 56 valence electrons. The lowest BCUT2D eigenvalue weighted by molar-refractivity contribution is 1.21. The van der Waals surface area contributed by atoms with Crippen molar-refractivity contribution in [3.63, 3.8) is 0 Å². The Morgan fingerprint density at radius 2 is 2.27 bits per heavy atom. The second-order valence-corrected chi connectivity index (χ2v) is 3.17. The third-order valence-electron chi connectivity index (χ3n) is 1.60. The Morgan fingerprint density at radius 3 is 3.00 bits per heavy atom. The molecule has 0 aliphatic carbocycles. The molecule has 0 spiro atoms. The van der Waals surface area contributed by atoms with E-state index in [1.807, 2.05) is 6.92 Å². The summed E-state index contributed by atoms with van der Waals surface area (Å²) in [6.45, 7) is 1.95. The van der Waals surface area contributed by atoms with E-state index in [4.69, 9.17) is 0 Å². The van der Waals surface area contributed by atoms with Gasteiger partial charge in [0, 0.05) is 6.20 Å². The van der Waals surface area contributed by atoms with Gasteiger partial charge in [0.1, 0.15) is 5.52 Å². The fourth-order valence-corrected chi connectivity index (χ4v) is 1.43. The van der Waals surface area contributed by atoms with Crippen molar-refractivity contribution in [3.8, 4) is 0 Å². The molecule has 2 aromatic heterocycles. The zero-order valence-electron chi connectivity index (χ0n) is 5.93. The summed E-state index contributed by atoms with van der Waals surface area (Å²) in [5.74, 6) is 0. The van der Waals surface area contributed by atoms with Crippen molar-refractivity contribution in [3.05, 3.63) is 22.7 Å². The van der Waals surface area contributed by atoms with Crippen molar-refractivity contribution >= 4 is 27.0 Å². The van der Waals surface area contributed by atoms with Crippen LogP contribution in [0.15, 0.2) is 17.0 Å². The summed E-state index contributed by atoms with van der Waals surface area (Å²) in [7, 11) is 0. The Balaban J connectivity index is 2.96. The maximum atomic E-state index is 4.16. The quantitative estimate of drug-likeness (QED) is 0.725. The van der Waals surface area contributed by atoms with Crippen LogP contribution in [0.25, 0.3) is 11.0 Å². The molecule has 0 bridgehead atoms. The standard InChI is InChI=1S/C7H6BrN3/c1-4-6-7(11-3-10-6)5(8)2-9-4/h2-3H,1H3,(H,10,11). The van der Waals surface area contributed by atoms with Crippen molar-refractivity contribution in [2.75, 3.05) is 0 Å². The molecule has 3 nitrogen and oxygen atoms in total. The van der Waals surface area contributed by atoms with E-state index < -0.39 is 0 Å². The summed E-state index contributed by atoms with van der Waals surface area (Å²) < 4.78 is 0.930. The summed E-state index contributed by atoms with van der Waals surface area (Å²) in [5.41, 5.74) is 2.91. The smallest absolute Gasteiger partial charge is 0.106 e. The number of aromatic nitrogens is 3. The van der Waals surface area contributed by atoms with E-state index in [2.05, 4.69) is 30.9 Å². The Labute approximate surface area is 72.0 Å². The molecule has 0 aliphatic heterocycles. The number of fused-ring (bicyclic) bond motifs is 1. The van der Waals surface area contributed by atoms with Crippen LogP contribution in [0.4, 0.5) is 0 Å². The normalized spacial score (nSPS) is 10.7. The predicted octanol–water partition coefficient (Wildman–Crippen LogP) is 2.03. The van der Waals surface area contributed by atoms with Gasteiger partial charge in [-0.15, -0.1) is 0 Å². The molecule has 0 amide bonds. The molecule has 0 aliphatic rings. The van der Waals surface area contributed by atoms with E-state index >= 15 is 0 Å². The number of nitrogens with zero attached hydrogens (tertiary/aromatic N) is 2. The van der Waals surface area contributed by atoms with Crippen LogP contribution in [0.5, 0.6) is 0 Å². The first-order valence-electron chi connectivity index (χ1n) is 3.23. The molecular weight excluding hydrogens is 206 g/mol. The molecule has 2 heterocycles. The minimum absolute atomic E-state index is 0.930. The predicted molar refractivity (Wildman–Crippen MR) is 46.3 cm³/mol. The van der Waals surface area contributed by atoms with E-state index in [1.54, 1.807) is 12.5 Å². The van der Waals surface area contributed by atoms with Crippen molar-refractivity contribution in [2.24, 2.45) is 0 Å². The van der Waals surface area contributed by atoms with Crippen molar-refractivity contribution in [1.29, 1.82) is 0 Å². The summed E-state index contributed by atoms with van der Waals surface area (Å²) in [6, 6.07) is 0. The third kappa shape index (κ3) is 0.939. The zero-order chi connectivity index (χ0) is 7.84. The molecule has 4 heteroatoms. The van der Waals surface area contributed by atoms with E-state index in [0.29, 0.717) is 0 Å². The molecule has 0 saturated carbocycles. The summed E-state index contributed by atoms with van der Waals surface area (Å²) in [6.07, 6.45) is 3.43. The molecule has 1 N–H and O–H groups in total. The Morgan fingerprint density at radius 1 is 1.45 bits per heavy atom. The molecule has 11 heavy (non-hydrogen) atoms. The second-order valence-electron chi connectivity index (χ2n) is 2.32. The highest BCUT2D eigenvalue weighted by atomic mass is 79.9. The fraction of sp³-hybridized carbons (Fsp3) is 0.143. The molecule has 0 unspecified atom stereocenters. The first-order valence-corrected chi connectivity index (χ1v) is 4.02. The van der Waals surface area contributed by atoms with Gasteiger partial charge in [-0.25, -0.2) is 4.98 Å². The molecule has 2 aromatic rings. The highest BCUT2D eigenvalue weighted by molar-refractivity contribution is 9.10. The maximum Gasteiger partial charge on any atom is 0.106 e. The van der Waals surface area contributed by atoms with Crippen LogP contribution in [0.3, 0.4) is 0 Å². The highest BCUT2D eigenvalue weighted by Crippen LogP contribution is 2.20. The maximum absolute atomic E-state index is 4.16. The second kappa shape index (κ2) is 2.30. The van der Waals surface area contributed by atoms with Crippen molar-refractivity contribution in [1.82, 2.24) is 15.0 Å². The monoisotopic (exact) mass is 211 g/mol. The SMILES string of the molecule is Cc1ncc(Br)c2nc[nH]c12. The number of rotatable bonds is 0. The number of imidazole rings is 1. The first kappa shape index (κ1) is 6.79. The van der Waals surface area contributed by atoms with Gasteiger partial charge >= 0.3 is 0 Å². The molecular formula is C7H6BrN3. The number of nitrogens with one attached hydrogen (secondary N) is 1. The Hall–Kier alpha value is -0.900. The van der Waals surface area contributed by atoms with Gasteiger partial charge in [0.25, 0.3) is 0 Å². The molecule has 0 atom stereocenters. The Bertz CT molecular complexity index is 357. The summed E-state index contributed by atoms with van der Waals surface area (Å²) >= 11 is 3.37. The van der Waals surface area contributed by atoms with Crippen LogP contribution in [0, 0.1) is 6.92 Å². The van der Waals surface area contributed by atoms with Gasteiger partial charge in [-0.1, -0.05) is 0 Å². The number of H-pyrrole nitrogens is 1. The molecule has 0 radical (unpaired) electrons. The van der Waals surface area contributed by atoms with E-state index in [9.17, 15) is 0 Å². The largest absolute Gasteiger partial charge is 0.343 e. The van der Waals surface area contributed by atoms with Crippen molar-refractivity contribution in [2.45, 2.75) is 6.92 Å². The number of hydrogen-bond donors (Lipinski definition) is 1. The van der Waals surface area contributed by atoms with Gasteiger partial charge in [-0.05, 0) is 22.9 Å². The number of aryl methyl sites for hydroxylation is 1. The highest BCUT2D eigenvalue weighted by Gasteiger charge is 2.03. The van der Waals surface area contributed by atoms with Gasteiger partial charge in [-0.2, -0.15) is 0 Å². The first-order chi connectivity index (χ1) is 5.29. The lowest BCUT2D eigenvalue weighted by Gasteiger charge is -1.94. The molecule has 2 rings (SSSR count). The van der Waals surface area contributed by atoms with E-state index in [1.165, 1.54) is 0 Å². The van der Waals surface area contributed by atoms with Gasteiger partial charge < -0.3 is 4.98 Å². The summed E-state index contributed by atoms with van der Waals surface area (Å²) in [4.78, 5) is 11.3. The van der Waals surface area contributed by atoms with Gasteiger partial charge in [0.2, 0.25) is 0 Å². The lowest BCUT2D eigenvalue weighted by atomic mass is 10.3. The fourth-order valence-electron chi connectivity index (χ4n) is 1.03.